The minimum absolute atomic E-state index is 0.00672. The van der Waals surface area contributed by atoms with Crippen LogP contribution < -0.4 is 10.6 Å². The van der Waals surface area contributed by atoms with E-state index in [2.05, 4.69) is 28.5 Å². The number of carbonyl (C=O) groups excluding carboxylic acids is 1. The molecule has 1 aromatic rings. The van der Waals surface area contributed by atoms with E-state index in [9.17, 15) is 4.79 Å². The van der Waals surface area contributed by atoms with Crippen molar-refractivity contribution in [1.82, 2.24) is 10.2 Å². The van der Waals surface area contributed by atoms with E-state index >= 15 is 0 Å². The molecule has 21 heavy (non-hydrogen) atoms. The van der Waals surface area contributed by atoms with Crippen LogP contribution in [0.1, 0.15) is 22.8 Å². The number of hydrogen-bond acceptors (Lipinski definition) is 4. The van der Waals surface area contributed by atoms with E-state index in [0.29, 0.717) is 0 Å². The van der Waals surface area contributed by atoms with Gasteiger partial charge in [-0.05, 0) is 31.0 Å². The Balaban J connectivity index is 1.55. The van der Waals surface area contributed by atoms with Gasteiger partial charge in [-0.3, -0.25) is 9.69 Å². The van der Waals surface area contributed by atoms with Crippen molar-refractivity contribution in [2.24, 2.45) is 0 Å². The van der Waals surface area contributed by atoms with E-state index in [1.54, 1.807) is 0 Å². The van der Waals surface area contributed by atoms with Gasteiger partial charge in [0.2, 0.25) is 0 Å². The molecule has 1 atom stereocenters. The summed E-state index contributed by atoms with van der Waals surface area (Å²) in [6.07, 6.45) is 1.05. The zero-order valence-electron chi connectivity index (χ0n) is 12.5. The predicted octanol–water partition coefficient (Wildman–Crippen LogP) is 1.11. The minimum atomic E-state index is 0.00672. The standard InChI is InChI=1S/C16H23N3O2/c1-12(11-19-6-8-21-9-7-19)18-16(20)14-3-2-13-4-5-17-15(13)10-14/h2-3,10,12,17H,4-9,11H2,1H3,(H,18,20). The highest BCUT2D eigenvalue weighted by Crippen LogP contribution is 2.23. The van der Waals surface area contributed by atoms with E-state index in [1.807, 2.05) is 12.1 Å². The van der Waals surface area contributed by atoms with Gasteiger partial charge in [0.25, 0.3) is 5.91 Å². The highest BCUT2D eigenvalue weighted by molar-refractivity contribution is 5.95. The maximum absolute atomic E-state index is 12.3. The number of amides is 1. The Hall–Kier alpha value is -1.59. The molecule has 1 unspecified atom stereocenters. The van der Waals surface area contributed by atoms with E-state index in [1.165, 1.54) is 5.56 Å². The average Bonchev–Trinajstić information content (AvgIpc) is 2.95. The summed E-state index contributed by atoms with van der Waals surface area (Å²) in [5.41, 5.74) is 3.13. The summed E-state index contributed by atoms with van der Waals surface area (Å²) in [6, 6.07) is 6.07. The van der Waals surface area contributed by atoms with Gasteiger partial charge in [0.05, 0.1) is 13.2 Å². The molecule has 2 heterocycles. The second kappa shape index (κ2) is 6.45. The van der Waals surface area contributed by atoms with Crippen LogP contribution >= 0.6 is 0 Å². The molecule has 1 fully saturated rings. The lowest BCUT2D eigenvalue weighted by Crippen LogP contribution is -2.46. The first-order valence-electron chi connectivity index (χ1n) is 7.70. The lowest BCUT2D eigenvalue weighted by atomic mass is 10.1. The molecule has 1 saturated heterocycles. The largest absolute Gasteiger partial charge is 0.384 e. The van der Waals surface area contributed by atoms with Crippen LogP contribution in [0.15, 0.2) is 18.2 Å². The van der Waals surface area contributed by atoms with E-state index in [0.717, 1.165) is 57.1 Å². The van der Waals surface area contributed by atoms with Gasteiger partial charge in [-0.1, -0.05) is 6.07 Å². The van der Waals surface area contributed by atoms with Gasteiger partial charge < -0.3 is 15.4 Å². The van der Waals surface area contributed by atoms with Crippen LogP contribution in [-0.2, 0) is 11.2 Å². The third kappa shape index (κ3) is 3.54. The molecule has 2 N–H and O–H groups in total. The minimum Gasteiger partial charge on any atom is -0.384 e. The number of rotatable bonds is 4. The summed E-state index contributed by atoms with van der Waals surface area (Å²) < 4.78 is 5.34. The molecule has 0 aliphatic carbocycles. The average molecular weight is 289 g/mol. The highest BCUT2D eigenvalue weighted by atomic mass is 16.5. The Morgan fingerprint density at radius 2 is 2.24 bits per heavy atom. The number of anilines is 1. The van der Waals surface area contributed by atoms with Crippen molar-refractivity contribution in [2.75, 3.05) is 44.7 Å². The molecule has 0 saturated carbocycles. The van der Waals surface area contributed by atoms with Crippen molar-refractivity contribution < 1.29 is 9.53 Å². The molecule has 114 valence electrons. The smallest absolute Gasteiger partial charge is 0.251 e. The van der Waals surface area contributed by atoms with Gasteiger partial charge in [-0.15, -0.1) is 0 Å². The molecule has 5 heteroatoms. The Morgan fingerprint density at radius 1 is 1.43 bits per heavy atom. The van der Waals surface area contributed by atoms with Crippen molar-refractivity contribution in [2.45, 2.75) is 19.4 Å². The van der Waals surface area contributed by atoms with E-state index in [4.69, 9.17) is 4.74 Å². The summed E-state index contributed by atoms with van der Waals surface area (Å²) in [5, 5.41) is 6.40. The highest BCUT2D eigenvalue weighted by Gasteiger charge is 2.17. The summed E-state index contributed by atoms with van der Waals surface area (Å²) >= 11 is 0. The summed E-state index contributed by atoms with van der Waals surface area (Å²) in [6.45, 7) is 7.37. The van der Waals surface area contributed by atoms with E-state index in [-0.39, 0.29) is 11.9 Å². The molecular weight excluding hydrogens is 266 g/mol. The molecule has 1 amide bonds. The zero-order valence-corrected chi connectivity index (χ0v) is 12.5. The van der Waals surface area contributed by atoms with Crippen LogP contribution in [0.2, 0.25) is 0 Å². The van der Waals surface area contributed by atoms with E-state index < -0.39 is 0 Å². The topological polar surface area (TPSA) is 53.6 Å². The fraction of sp³-hybridized carbons (Fsp3) is 0.562. The summed E-state index contributed by atoms with van der Waals surface area (Å²) in [5.74, 6) is 0.00672. The zero-order chi connectivity index (χ0) is 14.7. The lowest BCUT2D eigenvalue weighted by molar-refractivity contribution is 0.0342. The molecule has 0 spiro atoms. The van der Waals surface area contributed by atoms with Crippen molar-refractivity contribution >= 4 is 11.6 Å². The first-order chi connectivity index (χ1) is 10.2. The fourth-order valence-corrected chi connectivity index (χ4v) is 2.96. The monoisotopic (exact) mass is 289 g/mol. The second-order valence-electron chi connectivity index (χ2n) is 5.84. The lowest BCUT2D eigenvalue weighted by Gasteiger charge is -2.29. The Morgan fingerprint density at radius 3 is 3.05 bits per heavy atom. The fourth-order valence-electron chi connectivity index (χ4n) is 2.96. The predicted molar refractivity (Wildman–Crippen MR) is 82.8 cm³/mol. The normalized spacial score (nSPS) is 19.7. The van der Waals surface area contributed by atoms with Gasteiger partial charge in [0, 0.05) is 43.5 Å². The van der Waals surface area contributed by atoms with Crippen molar-refractivity contribution in [3.05, 3.63) is 29.3 Å². The second-order valence-corrected chi connectivity index (χ2v) is 5.84. The number of morpholine rings is 1. The summed E-state index contributed by atoms with van der Waals surface area (Å²) in [4.78, 5) is 14.6. The van der Waals surface area contributed by atoms with Crippen molar-refractivity contribution in [1.29, 1.82) is 0 Å². The van der Waals surface area contributed by atoms with Crippen LogP contribution in [0.3, 0.4) is 0 Å². The van der Waals surface area contributed by atoms with Gasteiger partial charge in [0.15, 0.2) is 0 Å². The Kier molecular flexibility index (Phi) is 4.41. The maximum atomic E-state index is 12.3. The number of nitrogens with one attached hydrogen (secondary N) is 2. The van der Waals surface area contributed by atoms with Gasteiger partial charge in [0.1, 0.15) is 0 Å². The molecule has 5 nitrogen and oxygen atoms in total. The maximum Gasteiger partial charge on any atom is 0.251 e. The van der Waals surface area contributed by atoms with Crippen molar-refractivity contribution in [3.8, 4) is 0 Å². The number of fused-ring (bicyclic) bond motifs is 1. The molecule has 3 rings (SSSR count). The molecular formula is C16H23N3O2. The first-order valence-corrected chi connectivity index (χ1v) is 7.70. The molecule has 1 aromatic carbocycles. The molecule has 0 aromatic heterocycles. The van der Waals surface area contributed by atoms with Crippen LogP contribution in [0.25, 0.3) is 0 Å². The van der Waals surface area contributed by atoms with Crippen LogP contribution in [0.4, 0.5) is 5.69 Å². The van der Waals surface area contributed by atoms with Crippen LogP contribution in [0, 0.1) is 0 Å². The van der Waals surface area contributed by atoms with Crippen LogP contribution in [0.5, 0.6) is 0 Å². The number of ether oxygens (including phenoxy) is 1. The quantitative estimate of drug-likeness (QED) is 0.872. The third-order valence-electron chi connectivity index (χ3n) is 4.10. The Labute approximate surface area is 125 Å². The molecule has 0 radical (unpaired) electrons. The van der Waals surface area contributed by atoms with Gasteiger partial charge >= 0.3 is 0 Å². The summed E-state index contributed by atoms with van der Waals surface area (Å²) in [7, 11) is 0. The number of carbonyl (C=O) groups is 1. The molecule has 0 bridgehead atoms. The van der Waals surface area contributed by atoms with Gasteiger partial charge in [-0.25, -0.2) is 0 Å². The van der Waals surface area contributed by atoms with Crippen LogP contribution in [-0.4, -0.2) is 56.2 Å². The SMILES string of the molecule is CC(CN1CCOCC1)NC(=O)c1ccc2c(c1)NCC2. The molecule has 2 aliphatic rings. The number of nitrogens with zero attached hydrogens (tertiary/aromatic N) is 1. The number of benzene rings is 1. The van der Waals surface area contributed by atoms with Gasteiger partial charge in [-0.2, -0.15) is 0 Å². The molecule has 2 aliphatic heterocycles. The third-order valence-corrected chi connectivity index (χ3v) is 4.10. The Bertz CT molecular complexity index is 512. The first kappa shape index (κ1) is 14.4. The number of hydrogen-bond donors (Lipinski definition) is 2. The van der Waals surface area contributed by atoms with Crippen molar-refractivity contribution in [3.63, 3.8) is 0 Å².